The first-order valence-corrected chi connectivity index (χ1v) is 5.36. The Balaban J connectivity index is 2.34. The number of amides is 1. The van der Waals surface area contributed by atoms with Gasteiger partial charge in [-0.25, -0.2) is 0 Å². The fraction of sp³-hybridized carbons (Fsp3) is 0.900. The molecule has 0 aromatic carbocycles. The van der Waals surface area contributed by atoms with Crippen LogP contribution in [0.3, 0.4) is 0 Å². The number of rotatable bonds is 4. The van der Waals surface area contributed by atoms with Gasteiger partial charge in [0.15, 0.2) is 0 Å². The smallest absolute Gasteiger partial charge is 0.224 e. The maximum absolute atomic E-state index is 11.7. The molecule has 1 fully saturated rings. The molecule has 1 heterocycles. The summed E-state index contributed by atoms with van der Waals surface area (Å²) in [6, 6.07) is 0.147. The van der Waals surface area contributed by atoms with Crippen LogP contribution in [0.2, 0.25) is 0 Å². The van der Waals surface area contributed by atoms with Crippen LogP contribution < -0.4 is 11.1 Å². The Morgan fingerprint density at radius 1 is 1.71 bits per heavy atom. The Kier molecular flexibility index (Phi) is 4.35. The minimum Gasteiger partial charge on any atom is -0.352 e. The number of likely N-dealkylation sites (tertiary alicyclic amines) is 1. The van der Waals surface area contributed by atoms with Gasteiger partial charge < -0.3 is 16.0 Å². The summed E-state index contributed by atoms with van der Waals surface area (Å²) in [6.07, 6.45) is 1.88. The van der Waals surface area contributed by atoms with E-state index in [1.54, 1.807) is 0 Å². The van der Waals surface area contributed by atoms with Gasteiger partial charge in [0.2, 0.25) is 5.91 Å². The van der Waals surface area contributed by atoms with Crippen molar-refractivity contribution in [1.82, 2.24) is 10.2 Å². The fourth-order valence-corrected chi connectivity index (χ4v) is 1.80. The van der Waals surface area contributed by atoms with E-state index in [0.717, 1.165) is 25.9 Å². The van der Waals surface area contributed by atoms with Crippen molar-refractivity contribution in [3.05, 3.63) is 0 Å². The molecular weight excluding hydrogens is 178 g/mol. The normalized spacial score (nSPS) is 24.9. The van der Waals surface area contributed by atoms with Gasteiger partial charge in [0, 0.05) is 19.1 Å². The lowest BCUT2D eigenvalue weighted by Gasteiger charge is -2.17. The molecule has 3 N–H and O–H groups in total. The molecule has 2 atom stereocenters. The molecule has 1 aliphatic heterocycles. The quantitative estimate of drug-likeness (QED) is 0.659. The standard InChI is InChI=1S/C10H21N3O/c1-3-9(6-11)12-10(14)8-4-5-13(2)7-8/h8-9H,3-7,11H2,1-2H3,(H,12,14). The molecule has 0 aromatic heterocycles. The van der Waals surface area contributed by atoms with Crippen LogP contribution in [0.4, 0.5) is 0 Å². The molecular formula is C10H21N3O. The minimum absolute atomic E-state index is 0.147. The molecule has 1 rings (SSSR count). The predicted octanol–water partition coefficient (Wildman–Crippen LogP) is -0.208. The van der Waals surface area contributed by atoms with E-state index in [-0.39, 0.29) is 17.9 Å². The van der Waals surface area contributed by atoms with Gasteiger partial charge in [-0.3, -0.25) is 4.79 Å². The van der Waals surface area contributed by atoms with E-state index in [0.29, 0.717) is 6.54 Å². The van der Waals surface area contributed by atoms with E-state index in [2.05, 4.69) is 10.2 Å². The monoisotopic (exact) mass is 199 g/mol. The molecule has 0 spiro atoms. The van der Waals surface area contributed by atoms with Crippen LogP contribution in [0, 0.1) is 5.92 Å². The Bertz CT molecular complexity index is 192. The summed E-state index contributed by atoms with van der Waals surface area (Å²) in [5.74, 6) is 0.340. The molecule has 82 valence electrons. The van der Waals surface area contributed by atoms with Crippen molar-refractivity contribution in [1.29, 1.82) is 0 Å². The van der Waals surface area contributed by atoms with Crippen LogP contribution in [0.15, 0.2) is 0 Å². The van der Waals surface area contributed by atoms with Gasteiger partial charge in [-0.1, -0.05) is 6.92 Å². The van der Waals surface area contributed by atoms with Crippen molar-refractivity contribution in [3.63, 3.8) is 0 Å². The average molecular weight is 199 g/mol. The highest BCUT2D eigenvalue weighted by atomic mass is 16.2. The Labute approximate surface area is 85.8 Å². The summed E-state index contributed by atoms with van der Waals surface area (Å²) in [7, 11) is 2.05. The number of hydrogen-bond acceptors (Lipinski definition) is 3. The molecule has 2 unspecified atom stereocenters. The molecule has 4 heteroatoms. The second kappa shape index (κ2) is 5.32. The number of carbonyl (C=O) groups is 1. The van der Waals surface area contributed by atoms with Crippen LogP contribution >= 0.6 is 0 Å². The van der Waals surface area contributed by atoms with Gasteiger partial charge in [-0.15, -0.1) is 0 Å². The van der Waals surface area contributed by atoms with Gasteiger partial charge in [-0.05, 0) is 26.4 Å². The highest BCUT2D eigenvalue weighted by molar-refractivity contribution is 5.79. The molecule has 4 nitrogen and oxygen atoms in total. The predicted molar refractivity (Wildman–Crippen MR) is 56.9 cm³/mol. The number of nitrogens with two attached hydrogens (primary N) is 1. The number of carbonyl (C=O) groups excluding carboxylic acids is 1. The van der Waals surface area contributed by atoms with E-state index in [4.69, 9.17) is 5.73 Å². The third-order valence-electron chi connectivity index (χ3n) is 2.89. The first-order valence-electron chi connectivity index (χ1n) is 5.36. The van der Waals surface area contributed by atoms with E-state index in [9.17, 15) is 4.79 Å². The minimum atomic E-state index is 0.147. The molecule has 0 aliphatic carbocycles. The van der Waals surface area contributed by atoms with Gasteiger partial charge >= 0.3 is 0 Å². The third kappa shape index (κ3) is 2.96. The zero-order valence-corrected chi connectivity index (χ0v) is 9.12. The van der Waals surface area contributed by atoms with Crippen LogP contribution in [-0.4, -0.2) is 43.5 Å². The van der Waals surface area contributed by atoms with Crippen molar-refractivity contribution in [2.24, 2.45) is 11.7 Å². The summed E-state index contributed by atoms with van der Waals surface area (Å²) in [5, 5.41) is 2.99. The largest absolute Gasteiger partial charge is 0.352 e. The SMILES string of the molecule is CCC(CN)NC(=O)C1CCN(C)C1. The van der Waals surface area contributed by atoms with Gasteiger partial charge in [-0.2, -0.15) is 0 Å². The summed E-state index contributed by atoms with van der Waals surface area (Å²) in [5.41, 5.74) is 5.53. The van der Waals surface area contributed by atoms with E-state index in [1.165, 1.54) is 0 Å². The Hall–Kier alpha value is -0.610. The van der Waals surface area contributed by atoms with Crippen LogP contribution in [0.25, 0.3) is 0 Å². The Morgan fingerprint density at radius 3 is 2.86 bits per heavy atom. The van der Waals surface area contributed by atoms with Crippen molar-refractivity contribution >= 4 is 5.91 Å². The number of nitrogens with one attached hydrogen (secondary N) is 1. The Morgan fingerprint density at radius 2 is 2.43 bits per heavy atom. The highest BCUT2D eigenvalue weighted by Gasteiger charge is 2.26. The fourth-order valence-electron chi connectivity index (χ4n) is 1.80. The zero-order valence-electron chi connectivity index (χ0n) is 9.12. The zero-order chi connectivity index (χ0) is 10.6. The molecule has 0 aromatic rings. The molecule has 0 bridgehead atoms. The summed E-state index contributed by atoms with van der Waals surface area (Å²) >= 11 is 0. The molecule has 1 saturated heterocycles. The first kappa shape index (κ1) is 11.5. The van der Waals surface area contributed by atoms with Crippen molar-refractivity contribution in [2.45, 2.75) is 25.8 Å². The van der Waals surface area contributed by atoms with E-state index >= 15 is 0 Å². The first-order chi connectivity index (χ1) is 6.67. The van der Waals surface area contributed by atoms with Crippen molar-refractivity contribution < 1.29 is 4.79 Å². The lowest BCUT2D eigenvalue weighted by Crippen LogP contribution is -2.43. The maximum atomic E-state index is 11.7. The summed E-state index contributed by atoms with van der Waals surface area (Å²) in [6.45, 7) is 4.48. The topological polar surface area (TPSA) is 58.4 Å². The molecule has 1 aliphatic rings. The second-order valence-electron chi connectivity index (χ2n) is 4.10. The summed E-state index contributed by atoms with van der Waals surface area (Å²) in [4.78, 5) is 13.9. The van der Waals surface area contributed by atoms with Crippen LogP contribution in [0.1, 0.15) is 19.8 Å². The molecule has 1 amide bonds. The van der Waals surface area contributed by atoms with Crippen molar-refractivity contribution in [3.8, 4) is 0 Å². The average Bonchev–Trinajstić information content (AvgIpc) is 2.61. The van der Waals surface area contributed by atoms with Crippen LogP contribution in [-0.2, 0) is 4.79 Å². The van der Waals surface area contributed by atoms with Gasteiger partial charge in [0.05, 0.1) is 5.92 Å². The van der Waals surface area contributed by atoms with Gasteiger partial charge in [0.1, 0.15) is 0 Å². The summed E-state index contributed by atoms with van der Waals surface area (Å²) < 4.78 is 0. The molecule has 0 saturated carbocycles. The second-order valence-corrected chi connectivity index (χ2v) is 4.10. The third-order valence-corrected chi connectivity index (χ3v) is 2.89. The van der Waals surface area contributed by atoms with Crippen LogP contribution in [0.5, 0.6) is 0 Å². The van der Waals surface area contributed by atoms with Crippen molar-refractivity contribution in [2.75, 3.05) is 26.7 Å². The number of hydrogen-bond donors (Lipinski definition) is 2. The van der Waals surface area contributed by atoms with E-state index in [1.807, 2.05) is 14.0 Å². The maximum Gasteiger partial charge on any atom is 0.224 e. The van der Waals surface area contributed by atoms with E-state index < -0.39 is 0 Å². The number of nitrogens with zero attached hydrogens (tertiary/aromatic N) is 1. The highest BCUT2D eigenvalue weighted by Crippen LogP contribution is 2.14. The lowest BCUT2D eigenvalue weighted by atomic mass is 10.1. The lowest BCUT2D eigenvalue weighted by molar-refractivity contribution is -0.125. The van der Waals surface area contributed by atoms with Gasteiger partial charge in [0.25, 0.3) is 0 Å². The molecule has 14 heavy (non-hydrogen) atoms. The molecule has 0 radical (unpaired) electrons.